The highest BCUT2D eigenvalue weighted by molar-refractivity contribution is 9.10. The summed E-state index contributed by atoms with van der Waals surface area (Å²) in [6.07, 6.45) is 0. The Hall–Kier alpha value is -1.34. The molecule has 1 heterocycles. The highest BCUT2D eigenvalue weighted by atomic mass is 79.9. The van der Waals surface area contributed by atoms with Crippen molar-refractivity contribution >= 4 is 33.2 Å². The van der Waals surface area contributed by atoms with Gasteiger partial charge in [-0.2, -0.15) is 0 Å². The van der Waals surface area contributed by atoms with Crippen LogP contribution in [-0.2, 0) is 9.53 Å². The van der Waals surface area contributed by atoms with Gasteiger partial charge in [0.25, 0.3) is 0 Å². The van der Waals surface area contributed by atoms with E-state index in [1.165, 1.54) is 6.07 Å². The number of carbonyl (C=O) groups excluding carboxylic acids is 1. The lowest BCUT2D eigenvalue weighted by Crippen LogP contribution is -2.55. The van der Waals surface area contributed by atoms with Crippen molar-refractivity contribution in [2.24, 2.45) is 0 Å². The number of anilines is 2. The minimum absolute atomic E-state index is 0.0403. The summed E-state index contributed by atoms with van der Waals surface area (Å²) in [7, 11) is 0. The number of hydrogen-bond donors (Lipinski definition) is 2. The van der Waals surface area contributed by atoms with E-state index in [1.54, 1.807) is 6.07 Å². The van der Waals surface area contributed by atoms with E-state index in [9.17, 15) is 9.18 Å². The van der Waals surface area contributed by atoms with Gasteiger partial charge >= 0.3 is 0 Å². The van der Waals surface area contributed by atoms with E-state index in [0.29, 0.717) is 29.0 Å². The first kappa shape index (κ1) is 16.0. The van der Waals surface area contributed by atoms with Crippen molar-refractivity contribution in [3.8, 4) is 0 Å². The minimum Gasteiger partial charge on any atom is -0.397 e. The van der Waals surface area contributed by atoms with Crippen LogP contribution in [0.1, 0.15) is 13.8 Å². The summed E-state index contributed by atoms with van der Waals surface area (Å²) in [5, 5.41) is 2.87. The predicted molar refractivity (Wildman–Crippen MR) is 83.7 cm³/mol. The van der Waals surface area contributed by atoms with Crippen molar-refractivity contribution in [3.63, 3.8) is 0 Å². The lowest BCUT2D eigenvalue weighted by molar-refractivity contribution is -0.125. The third-order valence-corrected chi connectivity index (χ3v) is 3.85. The summed E-state index contributed by atoms with van der Waals surface area (Å²) in [6, 6.07) is 2.43. The van der Waals surface area contributed by atoms with E-state index in [4.69, 9.17) is 10.5 Å². The molecule has 1 aromatic rings. The summed E-state index contributed by atoms with van der Waals surface area (Å²) in [6.45, 7) is 5.11. The number of ether oxygens (including phenoxy) is 1. The Morgan fingerprint density at radius 2 is 2.29 bits per heavy atom. The number of nitrogen functional groups attached to an aromatic ring is 1. The summed E-state index contributed by atoms with van der Waals surface area (Å²) in [5.74, 6) is -0.544. The van der Waals surface area contributed by atoms with E-state index in [2.05, 4.69) is 21.2 Å². The molecule has 0 saturated carbocycles. The Labute approximate surface area is 131 Å². The van der Waals surface area contributed by atoms with Crippen LogP contribution in [0, 0.1) is 5.82 Å². The summed E-state index contributed by atoms with van der Waals surface area (Å²) in [4.78, 5) is 14.2. The topological polar surface area (TPSA) is 67.6 Å². The fourth-order valence-electron chi connectivity index (χ4n) is 2.29. The largest absolute Gasteiger partial charge is 0.397 e. The maximum Gasteiger partial charge on any atom is 0.245 e. The molecule has 1 fully saturated rings. The number of amides is 1. The second-order valence-corrected chi connectivity index (χ2v) is 6.13. The molecule has 3 N–H and O–H groups in total. The van der Waals surface area contributed by atoms with Crippen LogP contribution in [0.15, 0.2) is 16.6 Å². The first-order chi connectivity index (χ1) is 9.90. The smallest absolute Gasteiger partial charge is 0.245 e. The second kappa shape index (κ2) is 6.62. The Balaban J connectivity index is 2.30. The third-order valence-electron chi connectivity index (χ3n) is 3.24. The quantitative estimate of drug-likeness (QED) is 0.808. The fraction of sp³-hybridized carbons (Fsp3) is 0.500. The van der Waals surface area contributed by atoms with Crippen LogP contribution >= 0.6 is 15.9 Å². The van der Waals surface area contributed by atoms with Crippen molar-refractivity contribution in [2.45, 2.75) is 25.9 Å². The van der Waals surface area contributed by atoms with Gasteiger partial charge in [0.2, 0.25) is 5.91 Å². The van der Waals surface area contributed by atoms with Crippen molar-refractivity contribution in [3.05, 3.63) is 22.4 Å². The van der Waals surface area contributed by atoms with Gasteiger partial charge in [0.1, 0.15) is 11.9 Å². The molecule has 116 valence electrons. The van der Waals surface area contributed by atoms with Gasteiger partial charge in [-0.3, -0.25) is 4.79 Å². The number of hydrogen-bond acceptors (Lipinski definition) is 4. The Morgan fingerprint density at radius 3 is 2.95 bits per heavy atom. The zero-order valence-corrected chi connectivity index (χ0v) is 13.6. The van der Waals surface area contributed by atoms with Gasteiger partial charge in [-0.25, -0.2) is 4.39 Å². The Kier molecular flexibility index (Phi) is 5.05. The van der Waals surface area contributed by atoms with Crippen molar-refractivity contribution < 1.29 is 13.9 Å². The summed E-state index contributed by atoms with van der Waals surface area (Å²) >= 11 is 3.16. The molecule has 2 rings (SSSR count). The maximum absolute atomic E-state index is 13.5. The van der Waals surface area contributed by atoms with Crippen LogP contribution in [0.3, 0.4) is 0 Å². The van der Waals surface area contributed by atoms with E-state index >= 15 is 0 Å². The van der Waals surface area contributed by atoms with E-state index in [1.807, 2.05) is 18.7 Å². The number of nitrogens with one attached hydrogen (secondary N) is 1. The van der Waals surface area contributed by atoms with Gasteiger partial charge in [0.15, 0.2) is 0 Å². The Bertz CT molecular complexity index is 539. The van der Waals surface area contributed by atoms with Crippen molar-refractivity contribution in [1.82, 2.24) is 5.32 Å². The molecule has 1 aliphatic heterocycles. The van der Waals surface area contributed by atoms with E-state index in [-0.39, 0.29) is 18.6 Å². The first-order valence-electron chi connectivity index (χ1n) is 6.79. The Morgan fingerprint density at radius 1 is 1.57 bits per heavy atom. The van der Waals surface area contributed by atoms with Gasteiger partial charge in [0, 0.05) is 18.7 Å². The molecule has 0 aromatic heterocycles. The molecule has 7 heteroatoms. The lowest BCUT2D eigenvalue weighted by atomic mass is 10.1. The van der Waals surface area contributed by atoms with Gasteiger partial charge in [-0.05, 0) is 35.8 Å². The summed E-state index contributed by atoms with van der Waals surface area (Å²) < 4.78 is 19.2. The lowest BCUT2D eigenvalue weighted by Gasteiger charge is -2.37. The number of rotatable bonds is 3. The monoisotopic (exact) mass is 359 g/mol. The molecule has 1 saturated heterocycles. The average Bonchev–Trinajstić information content (AvgIpc) is 2.42. The van der Waals surface area contributed by atoms with Gasteiger partial charge in [-0.15, -0.1) is 0 Å². The number of morpholine rings is 1. The average molecular weight is 360 g/mol. The van der Waals surface area contributed by atoms with Crippen LogP contribution in [0.25, 0.3) is 0 Å². The zero-order valence-electron chi connectivity index (χ0n) is 12.0. The number of carbonyl (C=O) groups is 1. The van der Waals surface area contributed by atoms with Crippen LogP contribution in [-0.4, -0.2) is 37.7 Å². The van der Waals surface area contributed by atoms with Crippen molar-refractivity contribution in [1.29, 1.82) is 0 Å². The number of nitrogens with zero attached hydrogens (tertiary/aromatic N) is 1. The number of nitrogens with two attached hydrogens (primary N) is 1. The molecule has 1 amide bonds. The molecule has 0 aliphatic carbocycles. The van der Waals surface area contributed by atoms with Gasteiger partial charge in [0.05, 0.1) is 29.1 Å². The zero-order chi connectivity index (χ0) is 15.6. The highest BCUT2D eigenvalue weighted by Crippen LogP contribution is 2.31. The molecule has 0 bridgehead atoms. The molecular weight excluding hydrogens is 341 g/mol. The van der Waals surface area contributed by atoms with Crippen LogP contribution in [0.4, 0.5) is 15.8 Å². The molecule has 5 nitrogen and oxygen atoms in total. The van der Waals surface area contributed by atoms with E-state index in [0.717, 1.165) is 0 Å². The molecule has 21 heavy (non-hydrogen) atoms. The molecule has 1 atom stereocenters. The molecular formula is C14H19BrFN3O2. The summed E-state index contributed by atoms with van der Waals surface area (Å²) in [5.41, 5.74) is 6.85. The number of halogens is 2. The van der Waals surface area contributed by atoms with Crippen LogP contribution in [0.5, 0.6) is 0 Å². The molecule has 1 aromatic carbocycles. The minimum atomic E-state index is -0.471. The van der Waals surface area contributed by atoms with Crippen molar-refractivity contribution in [2.75, 3.05) is 30.4 Å². The van der Waals surface area contributed by atoms with E-state index < -0.39 is 11.9 Å². The standard InChI is InChI=1S/C14H19BrFN3O2/c1-8(2)18-14(20)13-7-21-4-3-19(13)12-5-9(15)10(16)6-11(12)17/h5-6,8,13H,3-4,7,17H2,1-2H3,(H,18,20). The SMILES string of the molecule is CC(C)NC(=O)C1COCCN1c1cc(Br)c(F)cc1N. The maximum atomic E-state index is 13.5. The van der Waals surface area contributed by atoms with Crippen LogP contribution < -0.4 is 16.0 Å². The number of benzene rings is 1. The molecule has 0 radical (unpaired) electrons. The molecule has 1 aliphatic rings. The third kappa shape index (κ3) is 3.65. The normalized spacial score (nSPS) is 18.9. The van der Waals surface area contributed by atoms with Gasteiger partial charge in [-0.1, -0.05) is 0 Å². The van der Waals surface area contributed by atoms with Crippen LogP contribution in [0.2, 0.25) is 0 Å². The van der Waals surface area contributed by atoms with Gasteiger partial charge < -0.3 is 20.7 Å². The first-order valence-corrected chi connectivity index (χ1v) is 7.58. The molecule has 0 spiro atoms. The fourth-order valence-corrected chi connectivity index (χ4v) is 2.62. The second-order valence-electron chi connectivity index (χ2n) is 5.27. The predicted octanol–water partition coefficient (Wildman–Crippen LogP) is 1.90. The molecule has 1 unspecified atom stereocenters. The highest BCUT2D eigenvalue weighted by Gasteiger charge is 2.31.